The topological polar surface area (TPSA) is 69.6 Å². The molecular formula is C11H15NO3. The molecule has 1 rings (SSSR count). The molecule has 0 atom stereocenters. The summed E-state index contributed by atoms with van der Waals surface area (Å²) in [4.78, 5) is 11.5. The Hall–Kier alpha value is -1.71. The molecule has 1 aromatic carbocycles. The molecular weight excluding hydrogens is 194 g/mol. The Morgan fingerprint density at radius 2 is 1.93 bits per heavy atom. The van der Waals surface area contributed by atoms with Crippen LogP contribution in [0, 0.1) is 0 Å². The lowest BCUT2D eigenvalue weighted by Gasteiger charge is -2.11. The summed E-state index contributed by atoms with van der Waals surface area (Å²) < 4.78 is 0. The first-order valence-corrected chi connectivity index (χ1v) is 4.87. The van der Waals surface area contributed by atoms with Crippen molar-refractivity contribution in [2.24, 2.45) is 0 Å². The molecule has 4 heteroatoms. The third-order valence-corrected chi connectivity index (χ3v) is 2.22. The number of aromatic hydroxyl groups is 2. The Labute approximate surface area is 88.6 Å². The van der Waals surface area contributed by atoms with Crippen LogP contribution >= 0.6 is 0 Å². The van der Waals surface area contributed by atoms with Gasteiger partial charge in [-0.25, -0.2) is 0 Å². The van der Waals surface area contributed by atoms with Gasteiger partial charge in [0.2, 0.25) is 0 Å². The summed E-state index contributed by atoms with van der Waals surface area (Å²) in [5.74, 6) is -0.435. The molecule has 0 aliphatic carbocycles. The van der Waals surface area contributed by atoms with Crippen LogP contribution in [0.3, 0.4) is 0 Å². The Kier molecular flexibility index (Phi) is 3.55. The van der Waals surface area contributed by atoms with Crippen molar-refractivity contribution in [3.8, 4) is 11.5 Å². The smallest absolute Gasteiger partial charge is 0.255 e. The van der Waals surface area contributed by atoms with Gasteiger partial charge in [-0.15, -0.1) is 0 Å². The number of amides is 1. The SMILES string of the molecule is CCCc1c(O)ccc(O)c1C(=O)NC. The fourth-order valence-corrected chi connectivity index (χ4v) is 1.51. The molecule has 82 valence electrons. The van der Waals surface area contributed by atoms with E-state index in [-0.39, 0.29) is 23.0 Å². The van der Waals surface area contributed by atoms with Crippen LogP contribution in [0.25, 0.3) is 0 Å². The van der Waals surface area contributed by atoms with E-state index in [1.807, 2.05) is 6.92 Å². The first-order chi connectivity index (χ1) is 7.11. The number of carbonyl (C=O) groups is 1. The molecule has 4 nitrogen and oxygen atoms in total. The quantitative estimate of drug-likeness (QED) is 0.659. The minimum Gasteiger partial charge on any atom is -0.508 e. The zero-order valence-electron chi connectivity index (χ0n) is 8.87. The molecule has 0 fully saturated rings. The Morgan fingerprint density at radius 1 is 1.33 bits per heavy atom. The van der Waals surface area contributed by atoms with Gasteiger partial charge in [0, 0.05) is 12.6 Å². The number of nitrogens with one attached hydrogen (secondary N) is 1. The van der Waals surface area contributed by atoms with Gasteiger partial charge in [-0.3, -0.25) is 4.79 Å². The van der Waals surface area contributed by atoms with E-state index in [0.717, 1.165) is 6.42 Å². The molecule has 0 unspecified atom stereocenters. The largest absolute Gasteiger partial charge is 0.508 e. The molecule has 0 bridgehead atoms. The summed E-state index contributed by atoms with van der Waals surface area (Å²) in [7, 11) is 1.49. The number of hydrogen-bond acceptors (Lipinski definition) is 3. The number of phenols is 2. The molecule has 0 heterocycles. The van der Waals surface area contributed by atoms with Gasteiger partial charge in [0.05, 0.1) is 5.56 Å². The predicted octanol–water partition coefficient (Wildman–Crippen LogP) is 1.41. The standard InChI is InChI=1S/C11H15NO3/c1-3-4-7-8(13)5-6-9(14)10(7)11(15)12-2/h5-6,13-14H,3-4H2,1-2H3,(H,12,15). The van der Waals surface area contributed by atoms with Gasteiger partial charge in [0.15, 0.2) is 0 Å². The number of rotatable bonds is 3. The van der Waals surface area contributed by atoms with E-state index in [1.165, 1.54) is 19.2 Å². The average Bonchev–Trinajstić information content (AvgIpc) is 2.23. The second-order valence-corrected chi connectivity index (χ2v) is 3.29. The minimum absolute atomic E-state index is 0.0493. The second-order valence-electron chi connectivity index (χ2n) is 3.29. The summed E-state index contributed by atoms with van der Waals surface area (Å²) in [6.45, 7) is 1.94. The van der Waals surface area contributed by atoms with Crippen molar-refractivity contribution >= 4 is 5.91 Å². The number of carbonyl (C=O) groups excluding carboxylic acids is 1. The molecule has 15 heavy (non-hydrogen) atoms. The number of phenolic OH excluding ortho intramolecular Hbond substituents is 2. The normalized spacial score (nSPS) is 10.0. The van der Waals surface area contributed by atoms with Crippen LogP contribution in [0.1, 0.15) is 29.3 Å². The van der Waals surface area contributed by atoms with Gasteiger partial charge in [-0.2, -0.15) is 0 Å². The van der Waals surface area contributed by atoms with Gasteiger partial charge in [-0.05, 0) is 18.6 Å². The fourth-order valence-electron chi connectivity index (χ4n) is 1.51. The predicted molar refractivity (Wildman–Crippen MR) is 57.2 cm³/mol. The number of benzene rings is 1. The second kappa shape index (κ2) is 4.68. The van der Waals surface area contributed by atoms with Gasteiger partial charge < -0.3 is 15.5 Å². The van der Waals surface area contributed by atoms with E-state index in [1.54, 1.807) is 0 Å². The van der Waals surface area contributed by atoms with Crippen molar-refractivity contribution in [1.29, 1.82) is 0 Å². The van der Waals surface area contributed by atoms with Crippen LogP contribution in [0.5, 0.6) is 11.5 Å². The van der Waals surface area contributed by atoms with Crippen LogP contribution in [-0.4, -0.2) is 23.2 Å². The van der Waals surface area contributed by atoms with Crippen molar-refractivity contribution in [2.45, 2.75) is 19.8 Å². The maximum atomic E-state index is 11.5. The number of hydrogen-bond donors (Lipinski definition) is 3. The summed E-state index contributed by atoms with van der Waals surface area (Å²) >= 11 is 0. The monoisotopic (exact) mass is 209 g/mol. The van der Waals surface area contributed by atoms with Gasteiger partial charge >= 0.3 is 0 Å². The first-order valence-electron chi connectivity index (χ1n) is 4.87. The van der Waals surface area contributed by atoms with Crippen molar-refractivity contribution in [2.75, 3.05) is 7.05 Å². The lowest BCUT2D eigenvalue weighted by molar-refractivity contribution is 0.0959. The Morgan fingerprint density at radius 3 is 2.47 bits per heavy atom. The maximum absolute atomic E-state index is 11.5. The Bertz CT molecular complexity index is 374. The third-order valence-electron chi connectivity index (χ3n) is 2.22. The van der Waals surface area contributed by atoms with Gasteiger partial charge in [0.1, 0.15) is 11.5 Å². The zero-order valence-corrected chi connectivity index (χ0v) is 8.87. The lowest BCUT2D eigenvalue weighted by Crippen LogP contribution is -2.19. The van der Waals surface area contributed by atoms with Crippen LogP contribution in [-0.2, 0) is 6.42 Å². The molecule has 0 spiro atoms. The van der Waals surface area contributed by atoms with Crippen LogP contribution in [0.4, 0.5) is 0 Å². The molecule has 1 amide bonds. The van der Waals surface area contributed by atoms with E-state index in [2.05, 4.69) is 5.32 Å². The fraction of sp³-hybridized carbons (Fsp3) is 0.364. The molecule has 0 aliphatic heterocycles. The zero-order chi connectivity index (χ0) is 11.4. The van der Waals surface area contributed by atoms with Crippen molar-refractivity contribution in [1.82, 2.24) is 5.32 Å². The molecule has 1 aromatic rings. The van der Waals surface area contributed by atoms with Crippen LogP contribution in [0.15, 0.2) is 12.1 Å². The van der Waals surface area contributed by atoms with E-state index < -0.39 is 0 Å². The van der Waals surface area contributed by atoms with Gasteiger partial charge in [0.25, 0.3) is 5.91 Å². The third kappa shape index (κ3) is 2.21. The van der Waals surface area contributed by atoms with Crippen molar-refractivity contribution in [3.63, 3.8) is 0 Å². The van der Waals surface area contributed by atoms with E-state index in [0.29, 0.717) is 12.0 Å². The average molecular weight is 209 g/mol. The van der Waals surface area contributed by atoms with Crippen LogP contribution in [0.2, 0.25) is 0 Å². The highest BCUT2D eigenvalue weighted by molar-refractivity contribution is 5.98. The van der Waals surface area contributed by atoms with E-state index in [4.69, 9.17) is 0 Å². The van der Waals surface area contributed by atoms with Crippen molar-refractivity contribution in [3.05, 3.63) is 23.3 Å². The van der Waals surface area contributed by atoms with Crippen LogP contribution < -0.4 is 5.32 Å². The summed E-state index contributed by atoms with van der Waals surface area (Å²) in [6.07, 6.45) is 1.35. The molecule has 0 saturated carbocycles. The van der Waals surface area contributed by atoms with E-state index >= 15 is 0 Å². The summed E-state index contributed by atoms with van der Waals surface area (Å²) in [5, 5.41) is 21.6. The van der Waals surface area contributed by atoms with Gasteiger partial charge in [-0.1, -0.05) is 13.3 Å². The molecule has 3 N–H and O–H groups in total. The lowest BCUT2D eigenvalue weighted by atomic mass is 10.0. The molecule has 0 aliphatic rings. The molecule has 0 saturated heterocycles. The molecule has 0 aromatic heterocycles. The maximum Gasteiger partial charge on any atom is 0.255 e. The highest BCUT2D eigenvalue weighted by atomic mass is 16.3. The summed E-state index contributed by atoms with van der Waals surface area (Å²) in [6, 6.07) is 2.71. The van der Waals surface area contributed by atoms with Crippen molar-refractivity contribution < 1.29 is 15.0 Å². The highest BCUT2D eigenvalue weighted by Gasteiger charge is 2.17. The summed E-state index contributed by atoms with van der Waals surface area (Å²) in [5.41, 5.74) is 0.663. The molecule has 0 radical (unpaired) electrons. The first kappa shape index (κ1) is 11.4. The minimum atomic E-state index is -0.383. The Balaban J connectivity index is 3.31. The highest BCUT2D eigenvalue weighted by Crippen LogP contribution is 2.29. The van der Waals surface area contributed by atoms with E-state index in [9.17, 15) is 15.0 Å².